The SMILES string of the molecule is CCNc1ccc(N(C)C(=O)OC)cn1. The summed E-state index contributed by atoms with van der Waals surface area (Å²) in [5.41, 5.74) is 0.698. The predicted octanol–water partition coefficient (Wildman–Crippen LogP) is 1.72. The summed E-state index contributed by atoms with van der Waals surface area (Å²) in [6.07, 6.45) is 1.21. The highest BCUT2D eigenvalue weighted by Crippen LogP contribution is 2.14. The molecule has 1 aromatic heterocycles. The van der Waals surface area contributed by atoms with Crippen LogP contribution in [0.3, 0.4) is 0 Å². The van der Waals surface area contributed by atoms with Crippen molar-refractivity contribution in [3.05, 3.63) is 18.3 Å². The van der Waals surface area contributed by atoms with Crippen LogP contribution in [-0.4, -0.2) is 31.8 Å². The Morgan fingerprint density at radius 2 is 2.33 bits per heavy atom. The average molecular weight is 209 g/mol. The predicted molar refractivity (Wildman–Crippen MR) is 59.2 cm³/mol. The number of nitrogens with zero attached hydrogens (tertiary/aromatic N) is 2. The molecule has 1 heterocycles. The van der Waals surface area contributed by atoms with Gasteiger partial charge >= 0.3 is 6.09 Å². The van der Waals surface area contributed by atoms with Crippen molar-refractivity contribution >= 4 is 17.6 Å². The quantitative estimate of drug-likeness (QED) is 0.823. The van der Waals surface area contributed by atoms with Crippen LogP contribution in [0.15, 0.2) is 18.3 Å². The fourth-order valence-electron chi connectivity index (χ4n) is 1.11. The zero-order valence-corrected chi connectivity index (χ0v) is 9.15. The summed E-state index contributed by atoms with van der Waals surface area (Å²) >= 11 is 0. The van der Waals surface area contributed by atoms with Gasteiger partial charge in [-0.1, -0.05) is 0 Å². The van der Waals surface area contributed by atoms with E-state index in [-0.39, 0.29) is 0 Å². The Morgan fingerprint density at radius 1 is 1.60 bits per heavy atom. The Labute approximate surface area is 89.1 Å². The molecule has 0 saturated heterocycles. The number of hydrogen-bond acceptors (Lipinski definition) is 4. The van der Waals surface area contributed by atoms with E-state index in [1.165, 1.54) is 12.0 Å². The lowest BCUT2D eigenvalue weighted by atomic mass is 10.4. The van der Waals surface area contributed by atoms with Crippen LogP contribution in [0, 0.1) is 0 Å². The van der Waals surface area contributed by atoms with Crippen molar-refractivity contribution in [3.63, 3.8) is 0 Å². The van der Waals surface area contributed by atoms with E-state index in [1.54, 1.807) is 13.2 Å². The monoisotopic (exact) mass is 209 g/mol. The number of carbonyl (C=O) groups excluding carboxylic acids is 1. The highest BCUT2D eigenvalue weighted by Gasteiger charge is 2.10. The van der Waals surface area contributed by atoms with Gasteiger partial charge in [0.25, 0.3) is 0 Å². The average Bonchev–Trinajstić information content (AvgIpc) is 2.28. The molecule has 1 rings (SSSR count). The van der Waals surface area contributed by atoms with Crippen molar-refractivity contribution in [3.8, 4) is 0 Å². The van der Waals surface area contributed by atoms with Gasteiger partial charge < -0.3 is 10.1 Å². The Kier molecular flexibility index (Phi) is 3.91. The molecule has 0 aliphatic rings. The molecule has 0 atom stereocenters. The largest absolute Gasteiger partial charge is 0.452 e. The number of methoxy groups -OCH3 is 1. The van der Waals surface area contributed by atoms with Crippen LogP contribution < -0.4 is 10.2 Å². The maximum Gasteiger partial charge on any atom is 0.413 e. The molecule has 82 valence electrons. The fourth-order valence-corrected chi connectivity index (χ4v) is 1.11. The molecule has 1 aromatic rings. The van der Waals surface area contributed by atoms with E-state index in [2.05, 4.69) is 15.0 Å². The maximum absolute atomic E-state index is 11.2. The van der Waals surface area contributed by atoms with Gasteiger partial charge in [-0.3, -0.25) is 4.90 Å². The van der Waals surface area contributed by atoms with E-state index in [0.29, 0.717) is 5.69 Å². The molecule has 15 heavy (non-hydrogen) atoms. The minimum atomic E-state index is -0.409. The number of rotatable bonds is 3. The number of pyridine rings is 1. The lowest BCUT2D eigenvalue weighted by molar-refractivity contribution is 0.180. The number of nitrogens with one attached hydrogen (secondary N) is 1. The second kappa shape index (κ2) is 5.19. The molecular weight excluding hydrogens is 194 g/mol. The van der Waals surface area contributed by atoms with E-state index in [9.17, 15) is 4.79 Å². The van der Waals surface area contributed by atoms with Gasteiger partial charge in [0.2, 0.25) is 0 Å². The zero-order chi connectivity index (χ0) is 11.3. The third-order valence-electron chi connectivity index (χ3n) is 1.94. The van der Waals surface area contributed by atoms with Gasteiger partial charge in [-0.15, -0.1) is 0 Å². The van der Waals surface area contributed by atoms with Crippen LogP contribution in [0.5, 0.6) is 0 Å². The van der Waals surface area contributed by atoms with Crippen LogP contribution in [0.4, 0.5) is 16.3 Å². The van der Waals surface area contributed by atoms with Crippen LogP contribution >= 0.6 is 0 Å². The highest BCUT2D eigenvalue weighted by atomic mass is 16.5. The van der Waals surface area contributed by atoms with Gasteiger partial charge in [0.1, 0.15) is 5.82 Å². The van der Waals surface area contributed by atoms with E-state index >= 15 is 0 Å². The zero-order valence-electron chi connectivity index (χ0n) is 9.15. The van der Waals surface area contributed by atoms with E-state index in [1.807, 2.05) is 19.1 Å². The summed E-state index contributed by atoms with van der Waals surface area (Å²) in [5, 5.41) is 3.07. The Morgan fingerprint density at radius 3 is 2.80 bits per heavy atom. The van der Waals surface area contributed by atoms with Crippen LogP contribution in [0.1, 0.15) is 6.92 Å². The number of aromatic nitrogens is 1. The molecule has 0 spiro atoms. The third kappa shape index (κ3) is 2.83. The van der Waals surface area contributed by atoms with E-state index < -0.39 is 6.09 Å². The molecule has 0 unspecified atom stereocenters. The Hall–Kier alpha value is -1.78. The molecule has 0 aromatic carbocycles. The van der Waals surface area contributed by atoms with Gasteiger partial charge in [0.05, 0.1) is 19.0 Å². The second-order valence-corrected chi connectivity index (χ2v) is 2.96. The van der Waals surface area contributed by atoms with Gasteiger partial charge in [-0.05, 0) is 19.1 Å². The number of anilines is 2. The second-order valence-electron chi connectivity index (χ2n) is 2.96. The number of carbonyl (C=O) groups is 1. The molecule has 5 heteroatoms. The maximum atomic E-state index is 11.2. The summed E-state index contributed by atoms with van der Waals surface area (Å²) in [4.78, 5) is 16.7. The first kappa shape index (κ1) is 11.3. The first-order chi connectivity index (χ1) is 7.19. The molecule has 0 saturated carbocycles. The standard InChI is InChI=1S/C10H15N3O2/c1-4-11-9-6-5-8(7-12-9)13(2)10(14)15-3/h5-7H,4H2,1-3H3,(H,11,12). The van der Waals surface area contributed by atoms with Gasteiger partial charge in [0.15, 0.2) is 0 Å². The van der Waals surface area contributed by atoms with Crippen LogP contribution in [-0.2, 0) is 4.74 Å². The van der Waals surface area contributed by atoms with Crippen molar-refractivity contribution in [1.82, 2.24) is 4.98 Å². The van der Waals surface area contributed by atoms with E-state index in [0.717, 1.165) is 12.4 Å². The van der Waals surface area contributed by atoms with Gasteiger partial charge in [0, 0.05) is 13.6 Å². The first-order valence-electron chi connectivity index (χ1n) is 4.70. The number of hydrogen-bond donors (Lipinski definition) is 1. The molecule has 0 fully saturated rings. The summed E-state index contributed by atoms with van der Waals surface area (Å²) < 4.78 is 4.59. The molecule has 0 aliphatic heterocycles. The molecule has 1 amide bonds. The van der Waals surface area contributed by atoms with Crippen molar-refractivity contribution < 1.29 is 9.53 Å². The molecule has 5 nitrogen and oxygen atoms in total. The van der Waals surface area contributed by atoms with Crippen molar-refractivity contribution in [2.24, 2.45) is 0 Å². The minimum Gasteiger partial charge on any atom is -0.452 e. The molecule has 0 aliphatic carbocycles. The summed E-state index contributed by atoms with van der Waals surface area (Å²) in [6.45, 7) is 2.81. The van der Waals surface area contributed by atoms with Crippen LogP contribution in [0.25, 0.3) is 0 Å². The molecule has 0 radical (unpaired) electrons. The number of amides is 1. The fraction of sp³-hybridized carbons (Fsp3) is 0.400. The van der Waals surface area contributed by atoms with Gasteiger partial charge in [-0.2, -0.15) is 0 Å². The van der Waals surface area contributed by atoms with Crippen molar-refractivity contribution in [2.45, 2.75) is 6.92 Å². The lowest BCUT2D eigenvalue weighted by Crippen LogP contribution is -2.25. The molecular formula is C10H15N3O2. The van der Waals surface area contributed by atoms with Gasteiger partial charge in [-0.25, -0.2) is 9.78 Å². The lowest BCUT2D eigenvalue weighted by Gasteiger charge is -2.15. The Bertz CT molecular complexity index is 324. The summed E-state index contributed by atoms with van der Waals surface area (Å²) in [7, 11) is 2.98. The summed E-state index contributed by atoms with van der Waals surface area (Å²) in [6, 6.07) is 3.63. The Balaban J connectivity index is 2.75. The normalized spacial score (nSPS) is 9.53. The third-order valence-corrected chi connectivity index (χ3v) is 1.94. The summed E-state index contributed by atoms with van der Waals surface area (Å²) in [5.74, 6) is 0.791. The molecule has 0 bridgehead atoms. The van der Waals surface area contributed by atoms with Crippen molar-refractivity contribution in [2.75, 3.05) is 30.9 Å². The highest BCUT2D eigenvalue weighted by molar-refractivity contribution is 5.86. The topological polar surface area (TPSA) is 54.5 Å². The van der Waals surface area contributed by atoms with Crippen molar-refractivity contribution in [1.29, 1.82) is 0 Å². The minimum absolute atomic E-state index is 0.409. The van der Waals surface area contributed by atoms with E-state index in [4.69, 9.17) is 0 Å². The van der Waals surface area contributed by atoms with Crippen LogP contribution in [0.2, 0.25) is 0 Å². The smallest absolute Gasteiger partial charge is 0.413 e. The first-order valence-corrected chi connectivity index (χ1v) is 4.70. The molecule has 1 N–H and O–H groups in total. The number of ether oxygens (including phenoxy) is 1.